The molecule has 0 radical (unpaired) electrons. The molecule has 1 nitrogen and oxygen atoms in total. The minimum atomic E-state index is -0.0407. The van der Waals surface area contributed by atoms with Gasteiger partial charge < -0.3 is 5.11 Å². The molecular weight excluding hydrogens is 352 g/mol. The van der Waals surface area contributed by atoms with E-state index in [1.165, 1.54) is 64.2 Å². The van der Waals surface area contributed by atoms with E-state index in [0.717, 1.165) is 47.8 Å². The van der Waals surface area contributed by atoms with E-state index in [0.29, 0.717) is 16.7 Å². The summed E-state index contributed by atoms with van der Waals surface area (Å²) in [5.41, 5.74) is 1.12. The Labute approximate surface area is 181 Å². The molecule has 4 aliphatic carbocycles. The molecule has 0 aromatic carbocycles. The zero-order chi connectivity index (χ0) is 21.0. The van der Waals surface area contributed by atoms with Gasteiger partial charge in [0.1, 0.15) is 0 Å². The van der Waals surface area contributed by atoms with Crippen molar-refractivity contribution >= 4 is 0 Å². The average molecular weight is 403 g/mol. The number of hydrogen-bond acceptors (Lipinski definition) is 1. The Morgan fingerprint density at radius 2 is 1.45 bits per heavy atom. The lowest BCUT2D eigenvalue weighted by atomic mass is 9.43. The molecule has 4 rings (SSSR count). The summed E-state index contributed by atoms with van der Waals surface area (Å²) in [6, 6.07) is 0. The van der Waals surface area contributed by atoms with E-state index in [9.17, 15) is 5.11 Å². The lowest BCUT2D eigenvalue weighted by Crippen LogP contribution is -2.56. The SMILES string of the molecule is CC(C)CCC[C@H](C)[C@H]1CC[C@H]2[C@@H]3CC[C@H]4[C@H](C)[C@@H](O)CC[C@]4(C)[C@H]3CC[C@]12C. The number of hydrogen-bond donors (Lipinski definition) is 1. The largest absolute Gasteiger partial charge is 0.393 e. The molecule has 0 bridgehead atoms. The summed E-state index contributed by atoms with van der Waals surface area (Å²) in [4.78, 5) is 0. The van der Waals surface area contributed by atoms with Crippen LogP contribution in [0.2, 0.25) is 0 Å². The highest BCUT2D eigenvalue weighted by Crippen LogP contribution is 2.68. The van der Waals surface area contributed by atoms with Crippen molar-refractivity contribution in [1.29, 1.82) is 0 Å². The van der Waals surface area contributed by atoms with Crippen LogP contribution in [0.3, 0.4) is 0 Å². The van der Waals surface area contributed by atoms with Crippen molar-refractivity contribution in [2.45, 2.75) is 118 Å². The Hall–Kier alpha value is -0.0400. The van der Waals surface area contributed by atoms with Crippen LogP contribution in [0.1, 0.15) is 112 Å². The summed E-state index contributed by atoms with van der Waals surface area (Å²) in [6.07, 6.45) is 15.4. The summed E-state index contributed by atoms with van der Waals surface area (Å²) in [7, 11) is 0. The normalized spacial score (nSPS) is 50.7. The highest BCUT2D eigenvalue weighted by atomic mass is 16.3. The van der Waals surface area contributed by atoms with Gasteiger partial charge in [-0.15, -0.1) is 0 Å². The summed E-state index contributed by atoms with van der Waals surface area (Å²) in [6.45, 7) is 15.0. The monoisotopic (exact) mass is 402 g/mol. The lowest BCUT2D eigenvalue weighted by molar-refractivity contribution is -0.149. The molecule has 4 saturated carbocycles. The van der Waals surface area contributed by atoms with Crippen LogP contribution in [0.25, 0.3) is 0 Å². The van der Waals surface area contributed by atoms with Crippen molar-refractivity contribution in [3.05, 3.63) is 0 Å². The molecule has 168 valence electrons. The van der Waals surface area contributed by atoms with E-state index in [2.05, 4.69) is 41.5 Å². The predicted molar refractivity (Wildman–Crippen MR) is 124 cm³/mol. The van der Waals surface area contributed by atoms with Crippen LogP contribution in [0.15, 0.2) is 0 Å². The van der Waals surface area contributed by atoms with Gasteiger partial charge in [-0.05, 0) is 110 Å². The first kappa shape index (κ1) is 22.2. The van der Waals surface area contributed by atoms with E-state index in [1.807, 2.05) is 0 Å². The third-order valence-electron chi connectivity index (χ3n) is 11.4. The van der Waals surface area contributed by atoms with Gasteiger partial charge in [0.15, 0.2) is 0 Å². The number of fused-ring (bicyclic) bond motifs is 5. The third kappa shape index (κ3) is 3.64. The number of aliphatic hydroxyl groups excluding tert-OH is 1. The summed E-state index contributed by atoms with van der Waals surface area (Å²) in [5, 5.41) is 10.5. The molecule has 0 amide bonds. The van der Waals surface area contributed by atoms with Crippen molar-refractivity contribution in [3.8, 4) is 0 Å². The van der Waals surface area contributed by atoms with Gasteiger partial charge in [-0.2, -0.15) is 0 Å². The van der Waals surface area contributed by atoms with E-state index < -0.39 is 0 Å². The maximum Gasteiger partial charge on any atom is 0.0568 e. The smallest absolute Gasteiger partial charge is 0.0568 e. The molecule has 4 fully saturated rings. The molecule has 0 spiro atoms. The Morgan fingerprint density at radius 1 is 0.793 bits per heavy atom. The molecule has 0 saturated heterocycles. The Bertz CT molecular complexity index is 569. The van der Waals surface area contributed by atoms with E-state index in [4.69, 9.17) is 0 Å². The molecule has 0 unspecified atom stereocenters. The molecule has 1 heteroatoms. The van der Waals surface area contributed by atoms with Gasteiger partial charge in [-0.25, -0.2) is 0 Å². The summed E-state index contributed by atoms with van der Waals surface area (Å²) >= 11 is 0. The van der Waals surface area contributed by atoms with E-state index >= 15 is 0 Å². The molecule has 1 N–H and O–H groups in total. The van der Waals surface area contributed by atoms with Gasteiger partial charge >= 0.3 is 0 Å². The maximum atomic E-state index is 10.5. The quantitative estimate of drug-likeness (QED) is 0.499. The Morgan fingerprint density at radius 3 is 2.17 bits per heavy atom. The Kier molecular flexibility index (Phi) is 6.22. The van der Waals surface area contributed by atoms with Crippen molar-refractivity contribution in [3.63, 3.8) is 0 Å². The number of rotatable bonds is 5. The van der Waals surface area contributed by atoms with Gasteiger partial charge in [-0.3, -0.25) is 0 Å². The fourth-order valence-corrected chi connectivity index (χ4v) is 9.73. The fourth-order valence-electron chi connectivity index (χ4n) is 9.73. The van der Waals surface area contributed by atoms with Crippen LogP contribution in [-0.4, -0.2) is 11.2 Å². The molecular formula is C28H50O. The molecule has 0 aliphatic heterocycles. The van der Waals surface area contributed by atoms with Crippen LogP contribution in [0.5, 0.6) is 0 Å². The first-order chi connectivity index (χ1) is 13.7. The second kappa shape index (κ2) is 8.14. The lowest BCUT2D eigenvalue weighted by Gasteiger charge is -2.62. The molecule has 10 atom stereocenters. The zero-order valence-corrected chi connectivity index (χ0v) is 20.4. The van der Waals surface area contributed by atoms with E-state index in [1.54, 1.807) is 0 Å². The van der Waals surface area contributed by atoms with Crippen molar-refractivity contribution in [1.82, 2.24) is 0 Å². The average Bonchev–Trinajstić information content (AvgIpc) is 3.02. The highest BCUT2D eigenvalue weighted by Gasteiger charge is 2.61. The molecule has 29 heavy (non-hydrogen) atoms. The van der Waals surface area contributed by atoms with Crippen LogP contribution in [-0.2, 0) is 0 Å². The minimum Gasteiger partial charge on any atom is -0.393 e. The van der Waals surface area contributed by atoms with Crippen LogP contribution >= 0.6 is 0 Å². The van der Waals surface area contributed by atoms with Crippen LogP contribution < -0.4 is 0 Å². The van der Waals surface area contributed by atoms with Crippen molar-refractivity contribution < 1.29 is 5.11 Å². The van der Waals surface area contributed by atoms with Crippen molar-refractivity contribution in [2.75, 3.05) is 0 Å². The third-order valence-corrected chi connectivity index (χ3v) is 11.4. The molecule has 0 aromatic rings. The maximum absolute atomic E-state index is 10.5. The molecule has 4 aliphatic rings. The number of aliphatic hydroxyl groups is 1. The summed E-state index contributed by atoms with van der Waals surface area (Å²) in [5.74, 6) is 6.92. The fraction of sp³-hybridized carbons (Fsp3) is 1.00. The molecule has 0 aromatic heterocycles. The van der Waals surface area contributed by atoms with Gasteiger partial charge in [-0.1, -0.05) is 60.8 Å². The van der Waals surface area contributed by atoms with Gasteiger partial charge in [0.2, 0.25) is 0 Å². The van der Waals surface area contributed by atoms with Gasteiger partial charge in [0, 0.05) is 0 Å². The summed E-state index contributed by atoms with van der Waals surface area (Å²) < 4.78 is 0. The van der Waals surface area contributed by atoms with Crippen LogP contribution in [0.4, 0.5) is 0 Å². The molecule has 0 heterocycles. The van der Waals surface area contributed by atoms with E-state index in [-0.39, 0.29) is 6.10 Å². The van der Waals surface area contributed by atoms with Crippen molar-refractivity contribution in [2.24, 2.45) is 58.2 Å². The standard InChI is InChI=1S/C28H50O/c1-18(2)8-7-9-19(3)22-12-13-24-21-10-11-23-20(4)26(29)15-17-28(23,6)25(21)14-16-27(22,24)5/h18-26,29H,7-17H2,1-6H3/t19-,20-,21-,22+,23-,24-,25-,26-,27+,28-/m0/s1. The zero-order valence-electron chi connectivity index (χ0n) is 20.4. The Balaban J connectivity index is 1.48. The highest BCUT2D eigenvalue weighted by molar-refractivity contribution is 5.10. The first-order valence-electron chi connectivity index (χ1n) is 13.4. The topological polar surface area (TPSA) is 20.2 Å². The second-order valence-electron chi connectivity index (χ2n) is 13.1. The first-order valence-corrected chi connectivity index (χ1v) is 13.4. The van der Waals surface area contributed by atoms with Gasteiger partial charge in [0.05, 0.1) is 6.10 Å². The van der Waals surface area contributed by atoms with Crippen LogP contribution in [0, 0.1) is 58.2 Å². The predicted octanol–water partition coefficient (Wildman–Crippen LogP) is 7.71. The second-order valence-corrected chi connectivity index (χ2v) is 13.1. The minimum absolute atomic E-state index is 0.0407. The van der Waals surface area contributed by atoms with Gasteiger partial charge in [0.25, 0.3) is 0 Å².